The lowest BCUT2D eigenvalue weighted by molar-refractivity contribution is -0.148. The minimum absolute atomic E-state index is 0.0137. The average Bonchev–Trinajstić information content (AvgIpc) is 2.71. The molecular formula is C20H18ClFN4O2. The van der Waals surface area contributed by atoms with Gasteiger partial charge in [-0.3, -0.25) is 4.79 Å². The van der Waals surface area contributed by atoms with Crippen LogP contribution in [0.3, 0.4) is 0 Å². The first-order valence-electron chi connectivity index (χ1n) is 9.21. The molecule has 2 bridgehead atoms. The van der Waals surface area contributed by atoms with Crippen LogP contribution in [-0.4, -0.2) is 27.1 Å². The van der Waals surface area contributed by atoms with E-state index in [-0.39, 0.29) is 34.7 Å². The van der Waals surface area contributed by atoms with Crippen molar-refractivity contribution in [3.63, 3.8) is 0 Å². The molecule has 144 valence electrons. The Hall–Kier alpha value is -2.72. The van der Waals surface area contributed by atoms with Gasteiger partial charge in [0.25, 0.3) is 0 Å². The number of nitrogens with zero attached hydrogens (tertiary/aromatic N) is 3. The molecule has 3 aliphatic carbocycles. The van der Waals surface area contributed by atoms with E-state index >= 15 is 4.39 Å². The number of anilines is 1. The van der Waals surface area contributed by atoms with E-state index < -0.39 is 17.7 Å². The number of carbonyl (C=O) groups is 1. The smallest absolute Gasteiger partial charge is 0.308 e. The first kappa shape index (κ1) is 18.6. The van der Waals surface area contributed by atoms with Crippen molar-refractivity contribution in [3.8, 4) is 17.3 Å². The fourth-order valence-corrected chi connectivity index (χ4v) is 4.75. The molecule has 0 spiro atoms. The number of halogens is 2. The number of benzene rings is 1. The van der Waals surface area contributed by atoms with E-state index in [2.05, 4.69) is 15.3 Å². The molecule has 2 N–H and O–H groups in total. The Morgan fingerprint density at radius 3 is 2.43 bits per heavy atom. The molecule has 0 amide bonds. The zero-order chi connectivity index (χ0) is 19.8. The molecule has 0 radical (unpaired) electrons. The summed E-state index contributed by atoms with van der Waals surface area (Å²) in [7, 11) is 0. The van der Waals surface area contributed by atoms with Crippen LogP contribution in [0.2, 0.25) is 5.28 Å². The summed E-state index contributed by atoms with van der Waals surface area (Å²) in [6.07, 6.45) is 3.64. The molecule has 1 aromatic heterocycles. The Labute approximate surface area is 166 Å². The van der Waals surface area contributed by atoms with Crippen molar-refractivity contribution in [3.05, 3.63) is 40.9 Å². The third kappa shape index (κ3) is 3.29. The predicted molar refractivity (Wildman–Crippen MR) is 101 cm³/mol. The van der Waals surface area contributed by atoms with E-state index in [9.17, 15) is 9.90 Å². The Morgan fingerprint density at radius 1 is 1.18 bits per heavy atom. The maximum absolute atomic E-state index is 15.2. The van der Waals surface area contributed by atoms with Gasteiger partial charge in [0, 0.05) is 11.6 Å². The van der Waals surface area contributed by atoms with Crippen molar-refractivity contribution in [1.29, 1.82) is 5.26 Å². The molecule has 2 atom stereocenters. The number of aliphatic carboxylic acids is 1. The fourth-order valence-electron chi connectivity index (χ4n) is 4.58. The van der Waals surface area contributed by atoms with Gasteiger partial charge in [-0.2, -0.15) is 10.2 Å². The maximum atomic E-state index is 15.2. The molecule has 2 unspecified atom stereocenters. The van der Waals surface area contributed by atoms with E-state index in [1.54, 1.807) is 24.3 Å². The van der Waals surface area contributed by atoms with Crippen LogP contribution in [0.1, 0.15) is 31.2 Å². The van der Waals surface area contributed by atoms with Crippen LogP contribution < -0.4 is 5.32 Å². The lowest BCUT2D eigenvalue weighted by Gasteiger charge is -2.47. The first-order chi connectivity index (χ1) is 13.5. The lowest BCUT2D eigenvalue weighted by atomic mass is 9.61. The Morgan fingerprint density at radius 2 is 1.82 bits per heavy atom. The molecule has 0 aliphatic heterocycles. The van der Waals surface area contributed by atoms with Crippen LogP contribution in [-0.2, 0) is 4.79 Å². The molecule has 5 rings (SSSR count). The minimum Gasteiger partial charge on any atom is -0.481 e. The van der Waals surface area contributed by atoms with E-state index in [1.165, 1.54) is 0 Å². The van der Waals surface area contributed by atoms with Crippen molar-refractivity contribution in [2.24, 2.45) is 17.8 Å². The number of carboxylic acid groups (broad SMARTS) is 1. The zero-order valence-corrected chi connectivity index (χ0v) is 15.7. The molecule has 1 aromatic carbocycles. The summed E-state index contributed by atoms with van der Waals surface area (Å²) in [5.41, 5.74) is 0.925. The van der Waals surface area contributed by atoms with Crippen LogP contribution in [0.4, 0.5) is 10.2 Å². The number of fused-ring (bicyclic) bond motifs is 3. The van der Waals surface area contributed by atoms with Gasteiger partial charge in [0.2, 0.25) is 5.28 Å². The summed E-state index contributed by atoms with van der Waals surface area (Å²) in [6.45, 7) is 0. The van der Waals surface area contributed by atoms with Crippen molar-refractivity contribution in [2.45, 2.75) is 31.7 Å². The van der Waals surface area contributed by atoms with Crippen molar-refractivity contribution in [1.82, 2.24) is 9.97 Å². The van der Waals surface area contributed by atoms with E-state index in [0.717, 1.165) is 25.7 Å². The Kier molecular flexibility index (Phi) is 4.90. The normalized spacial score (nSPS) is 25.9. The highest BCUT2D eigenvalue weighted by atomic mass is 35.5. The molecule has 1 heterocycles. The zero-order valence-electron chi connectivity index (χ0n) is 14.9. The third-order valence-corrected chi connectivity index (χ3v) is 6.09. The number of hydrogen-bond donors (Lipinski definition) is 2. The van der Waals surface area contributed by atoms with Gasteiger partial charge in [0.1, 0.15) is 5.69 Å². The minimum atomic E-state index is -0.861. The molecular weight excluding hydrogens is 383 g/mol. The SMILES string of the molecule is N#Cc1ccc(-c2nc(Cl)nc(NC3C4CCC(CC4)C3C(=O)O)c2F)cc1. The molecule has 3 saturated carbocycles. The number of hydrogen-bond acceptors (Lipinski definition) is 5. The van der Waals surface area contributed by atoms with Gasteiger partial charge in [-0.1, -0.05) is 12.1 Å². The van der Waals surface area contributed by atoms with E-state index in [0.29, 0.717) is 11.1 Å². The quantitative estimate of drug-likeness (QED) is 0.749. The third-order valence-electron chi connectivity index (χ3n) is 5.92. The second-order valence-corrected chi connectivity index (χ2v) is 7.74. The van der Waals surface area contributed by atoms with Crippen LogP contribution in [0.5, 0.6) is 0 Å². The monoisotopic (exact) mass is 400 g/mol. The number of nitriles is 1. The summed E-state index contributed by atoms with van der Waals surface area (Å²) in [5.74, 6) is -1.93. The molecule has 3 aliphatic rings. The van der Waals surface area contributed by atoms with E-state index in [1.807, 2.05) is 6.07 Å². The summed E-state index contributed by atoms with van der Waals surface area (Å²) in [5, 5.41) is 21.5. The Balaban J connectivity index is 1.69. The molecule has 2 aromatic rings. The van der Waals surface area contributed by atoms with Gasteiger partial charge in [-0.25, -0.2) is 9.37 Å². The molecule has 28 heavy (non-hydrogen) atoms. The number of rotatable bonds is 4. The topological polar surface area (TPSA) is 98.9 Å². The number of nitrogens with one attached hydrogen (secondary N) is 1. The fraction of sp³-hybridized carbons (Fsp3) is 0.400. The first-order valence-corrected chi connectivity index (χ1v) is 9.58. The van der Waals surface area contributed by atoms with Gasteiger partial charge in [0.15, 0.2) is 11.6 Å². The Bertz CT molecular complexity index is 952. The van der Waals surface area contributed by atoms with Gasteiger partial charge in [-0.15, -0.1) is 0 Å². The second kappa shape index (κ2) is 7.36. The standard InChI is InChI=1S/C20H18ClFN4O2/c21-20-25-17(13-3-1-10(9-23)2-4-13)15(22)18(26-20)24-16-12-7-5-11(6-8-12)14(16)19(27)28/h1-4,11-12,14,16H,5-8H2,(H,27,28)(H,24,25,26). The number of carboxylic acids is 1. The molecule has 3 fully saturated rings. The predicted octanol–water partition coefficient (Wildman–Crippen LogP) is 4.11. The summed E-state index contributed by atoms with van der Waals surface area (Å²) in [6, 6.07) is 7.93. The second-order valence-electron chi connectivity index (χ2n) is 7.40. The van der Waals surface area contributed by atoms with Crippen LogP contribution in [0.25, 0.3) is 11.3 Å². The van der Waals surface area contributed by atoms with Crippen LogP contribution in [0.15, 0.2) is 24.3 Å². The lowest BCUT2D eigenvalue weighted by Crippen LogP contribution is -2.51. The van der Waals surface area contributed by atoms with E-state index in [4.69, 9.17) is 16.9 Å². The molecule has 8 heteroatoms. The van der Waals surface area contributed by atoms with Crippen molar-refractivity contribution in [2.75, 3.05) is 5.32 Å². The summed E-state index contributed by atoms with van der Waals surface area (Å²) < 4.78 is 15.2. The van der Waals surface area contributed by atoms with Crippen molar-refractivity contribution < 1.29 is 14.3 Å². The maximum Gasteiger partial charge on any atom is 0.308 e. The highest BCUT2D eigenvalue weighted by Gasteiger charge is 2.47. The van der Waals surface area contributed by atoms with Crippen LogP contribution >= 0.6 is 11.6 Å². The van der Waals surface area contributed by atoms with Gasteiger partial charge >= 0.3 is 5.97 Å². The van der Waals surface area contributed by atoms with Gasteiger partial charge in [-0.05, 0) is 61.3 Å². The highest BCUT2D eigenvalue weighted by Crippen LogP contribution is 2.46. The van der Waals surface area contributed by atoms with Gasteiger partial charge in [0.05, 0.1) is 17.6 Å². The molecule has 6 nitrogen and oxygen atoms in total. The summed E-state index contributed by atoms with van der Waals surface area (Å²) >= 11 is 6.03. The van der Waals surface area contributed by atoms with Crippen molar-refractivity contribution >= 4 is 23.4 Å². The summed E-state index contributed by atoms with van der Waals surface area (Å²) in [4.78, 5) is 19.8. The van der Waals surface area contributed by atoms with Gasteiger partial charge < -0.3 is 10.4 Å². The average molecular weight is 401 g/mol. The van der Waals surface area contributed by atoms with Crippen LogP contribution in [0, 0.1) is 34.9 Å². The molecule has 0 saturated heterocycles. The largest absolute Gasteiger partial charge is 0.481 e. The number of aromatic nitrogens is 2. The highest BCUT2D eigenvalue weighted by molar-refractivity contribution is 6.28.